The molecule has 2 aromatic rings. The van der Waals surface area contributed by atoms with Gasteiger partial charge in [0.05, 0.1) is 5.01 Å². The van der Waals surface area contributed by atoms with Gasteiger partial charge in [0.15, 0.2) is 5.69 Å². The number of aromatic carboxylic acids is 1. The second-order valence-corrected chi connectivity index (χ2v) is 4.61. The molecule has 0 saturated heterocycles. The average molecular weight is 264 g/mol. The van der Waals surface area contributed by atoms with Crippen molar-refractivity contribution in [2.75, 3.05) is 11.9 Å². The maximum Gasteiger partial charge on any atom is 0.356 e. The standard InChI is InChI=1S/C11H12N4O2S/c1-7-6-18-10(13-7)4-5-12-9-3-2-8(11(16)17)14-15-9/h2-3,6H,4-5H2,1H3,(H,12,15)(H,16,17). The van der Waals surface area contributed by atoms with Crippen molar-refractivity contribution in [3.8, 4) is 0 Å². The SMILES string of the molecule is Cc1csc(CCNc2ccc(C(=O)O)nn2)n1. The van der Waals surface area contributed by atoms with Gasteiger partial charge in [-0.2, -0.15) is 0 Å². The van der Waals surface area contributed by atoms with Crippen LogP contribution in [-0.2, 0) is 6.42 Å². The molecular weight excluding hydrogens is 252 g/mol. The Morgan fingerprint density at radius 3 is 2.83 bits per heavy atom. The highest BCUT2D eigenvalue weighted by molar-refractivity contribution is 7.09. The van der Waals surface area contributed by atoms with Crippen LogP contribution in [0.15, 0.2) is 17.5 Å². The third kappa shape index (κ3) is 3.24. The predicted molar refractivity (Wildman–Crippen MR) is 68.0 cm³/mol. The van der Waals surface area contributed by atoms with Crippen molar-refractivity contribution in [2.24, 2.45) is 0 Å². The first-order valence-electron chi connectivity index (χ1n) is 5.37. The molecule has 0 bridgehead atoms. The lowest BCUT2D eigenvalue weighted by molar-refractivity contribution is 0.0689. The number of anilines is 1. The zero-order chi connectivity index (χ0) is 13.0. The molecule has 0 radical (unpaired) electrons. The molecule has 0 aliphatic heterocycles. The third-order valence-corrected chi connectivity index (χ3v) is 3.22. The van der Waals surface area contributed by atoms with E-state index in [2.05, 4.69) is 20.5 Å². The second-order valence-electron chi connectivity index (χ2n) is 3.67. The predicted octanol–water partition coefficient (Wildman–Crippen LogP) is 1.59. The van der Waals surface area contributed by atoms with Crippen molar-refractivity contribution in [1.29, 1.82) is 0 Å². The number of thiazole rings is 1. The lowest BCUT2D eigenvalue weighted by atomic mass is 10.4. The van der Waals surface area contributed by atoms with E-state index in [0.717, 1.165) is 17.1 Å². The van der Waals surface area contributed by atoms with E-state index in [9.17, 15) is 4.79 Å². The summed E-state index contributed by atoms with van der Waals surface area (Å²) in [5.74, 6) is -0.513. The lowest BCUT2D eigenvalue weighted by Gasteiger charge is -2.02. The summed E-state index contributed by atoms with van der Waals surface area (Å²) in [5, 5.41) is 22.2. The highest BCUT2D eigenvalue weighted by Crippen LogP contribution is 2.09. The van der Waals surface area contributed by atoms with Gasteiger partial charge in [0.25, 0.3) is 0 Å². The Balaban J connectivity index is 1.85. The average Bonchev–Trinajstić information content (AvgIpc) is 2.76. The fourth-order valence-electron chi connectivity index (χ4n) is 1.36. The second kappa shape index (κ2) is 5.54. The molecule has 0 aliphatic rings. The van der Waals surface area contributed by atoms with Crippen LogP contribution in [0.1, 0.15) is 21.2 Å². The molecule has 2 aromatic heterocycles. The summed E-state index contributed by atoms with van der Waals surface area (Å²) in [6.07, 6.45) is 0.806. The number of rotatable bonds is 5. The minimum Gasteiger partial charge on any atom is -0.476 e. The maximum atomic E-state index is 10.6. The van der Waals surface area contributed by atoms with E-state index in [1.165, 1.54) is 6.07 Å². The topological polar surface area (TPSA) is 88.0 Å². The zero-order valence-electron chi connectivity index (χ0n) is 9.75. The summed E-state index contributed by atoms with van der Waals surface area (Å²) in [6, 6.07) is 3.02. The number of carboxylic acids is 1. The number of nitrogens with one attached hydrogen (secondary N) is 1. The molecule has 2 rings (SSSR count). The summed E-state index contributed by atoms with van der Waals surface area (Å²) in [5.41, 5.74) is 0.969. The van der Waals surface area contributed by atoms with Gasteiger partial charge in [-0.15, -0.1) is 21.5 Å². The molecule has 7 heteroatoms. The van der Waals surface area contributed by atoms with E-state index in [1.807, 2.05) is 12.3 Å². The van der Waals surface area contributed by atoms with Crippen molar-refractivity contribution in [3.63, 3.8) is 0 Å². The highest BCUT2D eigenvalue weighted by atomic mass is 32.1. The number of aryl methyl sites for hydroxylation is 1. The molecule has 2 heterocycles. The molecular formula is C11H12N4O2S. The maximum absolute atomic E-state index is 10.6. The molecule has 94 valence electrons. The molecule has 18 heavy (non-hydrogen) atoms. The van der Waals surface area contributed by atoms with Gasteiger partial charge in [-0.25, -0.2) is 9.78 Å². The summed E-state index contributed by atoms with van der Waals surface area (Å²) < 4.78 is 0. The van der Waals surface area contributed by atoms with Crippen LogP contribution in [0.2, 0.25) is 0 Å². The molecule has 0 aliphatic carbocycles. The molecule has 0 fully saturated rings. The van der Waals surface area contributed by atoms with Gasteiger partial charge in [0, 0.05) is 24.0 Å². The molecule has 0 unspecified atom stereocenters. The third-order valence-electron chi connectivity index (χ3n) is 2.20. The van der Waals surface area contributed by atoms with Crippen molar-refractivity contribution in [3.05, 3.63) is 33.9 Å². The van der Waals surface area contributed by atoms with Crippen LogP contribution < -0.4 is 5.32 Å². The molecule has 0 aromatic carbocycles. The van der Waals surface area contributed by atoms with Crippen LogP contribution in [0.4, 0.5) is 5.82 Å². The zero-order valence-corrected chi connectivity index (χ0v) is 10.6. The Kier molecular flexibility index (Phi) is 3.83. The van der Waals surface area contributed by atoms with Crippen molar-refractivity contribution >= 4 is 23.1 Å². The molecule has 0 saturated carbocycles. The number of carboxylic acid groups (broad SMARTS) is 1. The van der Waals surface area contributed by atoms with Crippen LogP contribution in [0, 0.1) is 6.92 Å². The van der Waals surface area contributed by atoms with Gasteiger partial charge >= 0.3 is 5.97 Å². The molecule has 0 amide bonds. The summed E-state index contributed by atoms with van der Waals surface area (Å²) in [6.45, 7) is 2.65. The van der Waals surface area contributed by atoms with Crippen LogP contribution in [0.25, 0.3) is 0 Å². The van der Waals surface area contributed by atoms with Crippen LogP contribution in [0.5, 0.6) is 0 Å². The van der Waals surface area contributed by atoms with Gasteiger partial charge in [0.1, 0.15) is 5.82 Å². The van der Waals surface area contributed by atoms with Crippen molar-refractivity contribution in [2.45, 2.75) is 13.3 Å². The number of hydrogen-bond donors (Lipinski definition) is 2. The summed E-state index contributed by atoms with van der Waals surface area (Å²) >= 11 is 1.63. The van der Waals surface area contributed by atoms with E-state index < -0.39 is 5.97 Å². The van der Waals surface area contributed by atoms with Gasteiger partial charge < -0.3 is 10.4 Å². The fraction of sp³-hybridized carbons (Fsp3) is 0.273. The number of carbonyl (C=O) groups is 1. The van der Waals surface area contributed by atoms with E-state index in [1.54, 1.807) is 17.4 Å². The first-order chi connectivity index (χ1) is 8.65. The van der Waals surface area contributed by atoms with E-state index in [0.29, 0.717) is 12.4 Å². The Morgan fingerprint density at radius 2 is 2.28 bits per heavy atom. The number of nitrogens with zero attached hydrogens (tertiary/aromatic N) is 3. The van der Waals surface area contributed by atoms with Crippen molar-refractivity contribution in [1.82, 2.24) is 15.2 Å². The Bertz CT molecular complexity index is 538. The van der Waals surface area contributed by atoms with Gasteiger partial charge in [-0.05, 0) is 19.1 Å². The van der Waals surface area contributed by atoms with Gasteiger partial charge in [-0.3, -0.25) is 0 Å². The highest BCUT2D eigenvalue weighted by Gasteiger charge is 2.05. The van der Waals surface area contributed by atoms with Crippen molar-refractivity contribution < 1.29 is 9.90 Å². The molecule has 6 nitrogen and oxygen atoms in total. The summed E-state index contributed by atoms with van der Waals surface area (Å²) in [7, 11) is 0. The quantitative estimate of drug-likeness (QED) is 0.852. The Hall–Kier alpha value is -2.02. The fourth-order valence-corrected chi connectivity index (χ4v) is 2.13. The van der Waals surface area contributed by atoms with E-state index in [4.69, 9.17) is 5.11 Å². The Morgan fingerprint density at radius 1 is 1.44 bits per heavy atom. The minimum atomic E-state index is -1.08. The summed E-state index contributed by atoms with van der Waals surface area (Å²) in [4.78, 5) is 14.9. The molecule has 0 atom stereocenters. The van der Waals surface area contributed by atoms with Crippen LogP contribution >= 0.6 is 11.3 Å². The number of hydrogen-bond acceptors (Lipinski definition) is 6. The minimum absolute atomic E-state index is 0.0592. The smallest absolute Gasteiger partial charge is 0.356 e. The number of aromatic nitrogens is 3. The largest absolute Gasteiger partial charge is 0.476 e. The Labute approximate surface area is 108 Å². The van der Waals surface area contributed by atoms with Crippen LogP contribution in [0.3, 0.4) is 0 Å². The molecule has 2 N–H and O–H groups in total. The van der Waals surface area contributed by atoms with E-state index >= 15 is 0 Å². The first-order valence-corrected chi connectivity index (χ1v) is 6.25. The van der Waals surface area contributed by atoms with Crippen LogP contribution in [-0.4, -0.2) is 32.8 Å². The van der Waals surface area contributed by atoms with E-state index in [-0.39, 0.29) is 5.69 Å². The lowest BCUT2D eigenvalue weighted by Crippen LogP contribution is -2.08. The normalized spacial score (nSPS) is 10.3. The van der Waals surface area contributed by atoms with Gasteiger partial charge in [-0.1, -0.05) is 0 Å². The first kappa shape index (κ1) is 12.4. The molecule has 0 spiro atoms. The van der Waals surface area contributed by atoms with Gasteiger partial charge in [0.2, 0.25) is 0 Å². The monoisotopic (exact) mass is 264 g/mol.